The average Bonchev–Trinajstić information content (AvgIpc) is 2.67. The molecule has 0 bridgehead atoms. The fraction of sp³-hybridized carbons (Fsp3) is 0.105. The van der Waals surface area contributed by atoms with Gasteiger partial charge in [-0.15, -0.1) is 0 Å². The molecule has 4 nitrogen and oxygen atoms in total. The van der Waals surface area contributed by atoms with Crippen molar-refractivity contribution in [2.45, 2.75) is 11.7 Å². The topological polar surface area (TPSA) is 54.9 Å². The van der Waals surface area contributed by atoms with Gasteiger partial charge in [0.1, 0.15) is 0 Å². The molecule has 1 aromatic heterocycles. The number of amides is 1. The summed E-state index contributed by atoms with van der Waals surface area (Å²) < 4.78 is 0. The lowest BCUT2D eigenvalue weighted by Crippen LogP contribution is -2.24. The van der Waals surface area contributed by atoms with E-state index in [1.807, 2.05) is 48.7 Å². The highest BCUT2D eigenvalue weighted by molar-refractivity contribution is 7.98. The quantitative estimate of drug-likeness (QED) is 0.533. The second-order valence-corrected chi connectivity index (χ2v) is 6.50. The molecule has 126 valence electrons. The number of benzene rings is 2. The molecule has 0 fully saturated rings. The molecule has 0 saturated carbocycles. The molecular weight excluding hydrogens is 354 g/mol. The van der Waals surface area contributed by atoms with Crippen molar-refractivity contribution in [2.75, 3.05) is 6.26 Å². The van der Waals surface area contributed by atoms with Crippen LogP contribution in [-0.4, -0.2) is 22.1 Å². The first-order valence-electron chi connectivity index (χ1n) is 7.66. The van der Waals surface area contributed by atoms with Gasteiger partial charge in [-0.05, 0) is 24.0 Å². The lowest BCUT2D eigenvalue weighted by Gasteiger charge is -2.10. The third kappa shape index (κ3) is 4.38. The summed E-state index contributed by atoms with van der Waals surface area (Å²) in [6.07, 6.45) is 3.49. The standard InChI is InChI=1S/C19H16ClN3OS/c1-25-19-22-12-16(17(23-19)14-5-3-2-4-6-14)18(24)21-11-13-7-9-15(20)10-8-13/h2-10,12H,11H2,1H3,(H,21,24). The van der Waals surface area contributed by atoms with E-state index in [4.69, 9.17) is 11.6 Å². The molecule has 1 amide bonds. The van der Waals surface area contributed by atoms with Crippen LogP contribution in [0.5, 0.6) is 0 Å². The van der Waals surface area contributed by atoms with Crippen LogP contribution in [0.1, 0.15) is 15.9 Å². The van der Waals surface area contributed by atoms with Gasteiger partial charge in [-0.2, -0.15) is 0 Å². The minimum Gasteiger partial charge on any atom is -0.348 e. The van der Waals surface area contributed by atoms with Crippen molar-refractivity contribution >= 4 is 29.3 Å². The molecule has 2 aromatic carbocycles. The second kappa shape index (κ2) is 8.14. The van der Waals surface area contributed by atoms with Gasteiger partial charge in [0.25, 0.3) is 5.91 Å². The van der Waals surface area contributed by atoms with E-state index in [1.54, 1.807) is 18.3 Å². The number of halogens is 1. The van der Waals surface area contributed by atoms with E-state index in [1.165, 1.54) is 11.8 Å². The van der Waals surface area contributed by atoms with Gasteiger partial charge in [0, 0.05) is 23.3 Å². The van der Waals surface area contributed by atoms with Gasteiger partial charge in [0.2, 0.25) is 0 Å². The highest BCUT2D eigenvalue weighted by Gasteiger charge is 2.16. The van der Waals surface area contributed by atoms with E-state index in [9.17, 15) is 4.79 Å². The second-order valence-electron chi connectivity index (χ2n) is 5.29. The Labute approximate surface area is 155 Å². The van der Waals surface area contributed by atoms with E-state index in [-0.39, 0.29) is 5.91 Å². The third-order valence-corrected chi connectivity index (χ3v) is 4.42. The zero-order chi connectivity index (χ0) is 17.6. The minimum absolute atomic E-state index is 0.207. The zero-order valence-electron chi connectivity index (χ0n) is 13.6. The number of thioether (sulfide) groups is 1. The summed E-state index contributed by atoms with van der Waals surface area (Å²) in [5, 5.41) is 4.21. The molecule has 0 radical (unpaired) electrons. The molecule has 3 aromatic rings. The Bertz CT molecular complexity index is 870. The maximum atomic E-state index is 12.7. The number of carbonyl (C=O) groups is 1. The molecule has 0 saturated heterocycles. The normalized spacial score (nSPS) is 10.5. The van der Waals surface area contributed by atoms with Crippen molar-refractivity contribution in [1.82, 2.24) is 15.3 Å². The van der Waals surface area contributed by atoms with E-state index in [2.05, 4.69) is 15.3 Å². The number of aromatic nitrogens is 2. The van der Waals surface area contributed by atoms with Crippen LogP contribution in [0.25, 0.3) is 11.3 Å². The highest BCUT2D eigenvalue weighted by atomic mass is 35.5. The van der Waals surface area contributed by atoms with Crippen LogP contribution in [-0.2, 0) is 6.54 Å². The van der Waals surface area contributed by atoms with Gasteiger partial charge >= 0.3 is 0 Å². The lowest BCUT2D eigenvalue weighted by atomic mass is 10.1. The summed E-state index contributed by atoms with van der Waals surface area (Å²) in [6, 6.07) is 17.0. The van der Waals surface area contributed by atoms with Gasteiger partial charge < -0.3 is 5.32 Å². The Morgan fingerprint density at radius 2 is 1.84 bits per heavy atom. The zero-order valence-corrected chi connectivity index (χ0v) is 15.1. The first kappa shape index (κ1) is 17.5. The highest BCUT2D eigenvalue weighted by Crippen LogP contribution is 2.23. The maximum absolute atomic E-state index is 12.7. The monoisotopic (exact) mass is 369 g/mol. The molecule has 3 rings (SSSR count). The molecule has 0 aliphatic rings. The van der Waals surface area contributed by atoms with Crippen molar-refractivity contribution in [3.05, 3.63) is 76.9 Å². The van der Waals surface area contributed by atoms with Crippen LogP contribution in [0.4, 0.5) is 0 Å². The maximum Gasteiger partial charge on any atom is 0.255 e. The minimum atomic E-state index is -0.207. The number of hydrogen-bond donors (Lipinski definition) is 1. The molecule has 1 heterocycles. The third-order valence-electron chi connectivity index (χ3n) is 3.61. The number of hydrogen-bond acceptors (Lipinski definition) is 4. The van der Waals surface area contributed by atoms with Crippen molar-refractivity contribution in [1.29, 1.82) is 0 Å². The average molecular weight is 370 g/mol. The predicted molar refractivity (Wildman–Crippen MR) is 102 cm³/mol. The van der Waals surface area contributed by atoms with E-state index in [0.29, 0.717) is 28.0 Å². The van der Waals surface area contributed by atoms with Gasteiger partial charge in [-0.3, -0.25) is 4.79 Å². The van der Waals surface area contributed by atoms with Gasteiger partial charge in [0.15, 0.2) is 5.16 Å². The Morgan fingerprint density at radius 1 is 1.12 bits per heavy atom. The van der Waals surface area contributed by atoms with Crippen LogP contribution < -0.4 is 5.32 Å². The summed E-state index contributed by atoms with van der Waals surface area (Å²) in [4.78, 5) is 21.4. The number of nitrogens with zero attached hydrogens (tertiary/aromatic N) is 2. The van der Waals surface area contributed by atoms with Crippen molar-refractivity contribution < 1.29 is 4.79 Å². The van der Waals surface area contributed by atoms with E-state index >= 15 is 0 Å². The molecule has 0 spiro atoms. The van der Waals surface area contributed by atoms with Crippen LogP contribution >= 0.6 is 23.4 Å². The summed E-state index contributed by atoms with van der Waals surface area (Å²) in [6.45, 7) is 0.411. The predicted octanol–water partition coefficient (Wildman–Crippen LogP) is 4.45. The Kier molecular flexibility index (Phi) is 5.68. The number of nitrogens with one attached hydrogen (secondary N) is 1. The van der Waals surface area contributed by atoms with Crippen LogP contribution in [0.3, 0.4) is 0 Å². The fourth-order valence-electron chi connectivity index (χ4n) is 2.33. The van der Waals surface area contributed by atoms with E-state index < -0.39 is 0 Å². The fourth-order valence-corrected chi connectivity index (χ4v) is 2.79. The van der Waals surface area contributed by atoms with Crippen molar-refractivity contribution in [2.24, 2.45) is 0 Å². The SMILES string of the molecule is CSc1ncc(C(=O)NCc2ccc(Cl)cc2)c(-c2ccccc2)n1. The lowest BCUT2D eigenvalue weighted by molar-refractivity contribution is 0.0950. The van der Waals surface area contributed by atoms with Gasteiger partial charge in [-0.25, -0.2) is 9.97 Å². The van der Waals surface area contributed by atoms with Crippen LogP contribution in [0, 0.1) is 0 Å². The molecular formula is C19H16ClN3OS. The van der Waals surface area contributed by atoms with Gasteiger partial charge in [-0.1, -0.05) is 65.8 Å². The van der Waals surface area contributed by atoms with Crippen LogP contribution in [0.15, 0.2) is 66.0 Å². The van der Waals surface area contributed by atoms with Crippen molar-refractivity contribution in [3.8, 4) is 11.3 Å². The molecule has 25 heavy (non-hydrogen) atoms. The molecule has 6 heteroatoms. The molecule has 0 aliphatic heterocycles. The summed E-state index contributed by atoms with van der Waals surface area (Å²) >= 11 is 7.32. The Morgan fingerprint density at radius 3 is 2.52 bits per heavy atom. The van der Waals surface area contributed by atoms with Gasteiger partial charge in [0.05, 0.1) is 11.3 Å². The summed E-state index contributed by atoms with van der Waals surface area (Å²) in [5.74, 6) is -0.207. The first-order valence-corrected chi connectivity index (χ1v) is 9.27. The number of rotatable bonds is 5. The Hall–Kier alpha value is -2.37. The van der Waals surface area contributed by atoms with Crippen LogP contribution in [0.2, 0.25) is 5.02 Å². The molecule has 0 atom stereocenters. The van der Waals surface area contributed by atoms with E-state index in [0.717, 1.165) is 11.1 Å². The summed E-state index contributed by atoms with van der Waals surface area (Å²) in [7, 11) is 0. The molecule has 1 N–H and O–H groups in total. The summed E-state index contributed by atoms with van der Waals surface area (Å²) in [5.41, 5.74) is 2.95. The smallest absolute Gasteiger partial charge is 0.255 e. The number of carbonyl (C=O) groups excluding carboxylic acids is 1. The molecule has 0 aliphatic carbocycles. The first-order chi connectivity index (χ1) is 12.2. The largest absolute Gasteiger partial charge is 0.348 e. The Balaban J connectivity index is 1.85. The van der Waals surface area contributed by atoms with Crippen molar-refractivity contribution in [3.63, 3.8) is 0 Å². The molecule has 0 unspecified atom stereocenters.